The Morgan fingerprint density at radius 1 is 1.00 bits per heavy atom. The number of benzene rings is 1. The molecule has 18 heavy (non-hydrogen) atoms. The van der Waals surface area contributed by atoms with Crippen molar-refractivity contribution in [2.24, 2.45) is 11.7 Å². The predicted octanol–water partition coefficient (Wildman–Crippen LogP) is 3.64. The fourth-order valence-corrected chi connectivity index (χ4v) is 1.95. The molecule has 0 bridgehead atoms. The number of aliphatic hydroxyl groups is 1. The molecule has 1 rings (SSSR count). The molecule has 1 aromatic rings. The average Bonchev–Trinajstić information content (AvgIpc) is 2.27. The van der Waals surface area contributed by atoms with Gasteiger partial charge >= 0.3 is 0 Å². The lowest BCUT2D eigenvalue weighted by Gasteiger charge is -2.21. The van der Waals surface area contributed by atoms with Gasteiger partial charge in [-0.3, -0.25) is 0 Å². The highest BCUT2D eigenvalue weighted by atomic mass is 35.5. The van der Waals surface area contributed by atoms with E-state index < -0.39 is 6.10 Å². The lowest BCUT2D eigenvalue weighted by atomic mass is 9.93. The summed E-state index contributed by atoms with van der Waals surface area (Å²) in [6.07, 6.45) is 0.285. The Kier molecular flexibility index (Phi) is 7.53. The highest BCUT2D eigenvalue weighted by Crippen LogP contribution is 2.22. The molecule has 0 aliphatic heterocycles. The molecule has 1 aromatic carbocycles. The Hall–Kier alpha value is -0.570. The molecule has 0 unspecified atom stereocenters. The Bertz CT molecular complexity index is 335. The molecule has 0 aliphatic carbocycles. The summed E-state index contributed by atoms with van der Waals surface area (Å²) in [5.74, 6) is 0.992. The van der Waals surface area contributed by atoms with E-state index in [0.29, 0.717) is 11.8 Å². The van der Waals surface area contributed by atoms with E-state index in [1.807, 2.05) is 12.1 Å². The number of nitrogens with two attached hydrogens (primary N) is 1. The van der Waals surface area contributed by atoms with Crippen LogP contribution < -0.4 is 5.73 Å². The van der Waals surface area contributed by atoms with E-state index in [9.17, 15) is 5.11 Å². The standard InChI is InChI=1S/C15H25NO.ClH/c1-10(2)9-14(17)15(16)13-7-5-12(6-8-13)11(3)4;/h5-8,10-11,14-15,17H,9,16H2,1-4H3;1H/t14-,15+;/m1./s1. The summed E-state index contributed by atoms with van der Waals surface area (Å²) < 4.78 is 0. The summed E-state index contributed by atoms with van der Waals surface area (Å²) >= 11 is 0. The lowest BCUT2D eigenvalue weighted by molar-refractivity contribution is 0.121. The summed E-state index contributed by atoms with van der Waals surface area (Å²) in [4.78, 5) is 0. The zero-order valence-corrected chi connectivity index (χ0v) is 12.6. The molecule has 0 saturated heterocycles. The average molecular weight is 272 g/mol. The third kappa shape index (κ3) is 4.97. The molecule has 0 spiro atoms. The smallest absolute Gasteiger partial charge is 0.0735 e. The summed E-state index contributed by atoms with van der Waals surface area (Å²) in [6, 6.07) is 7.98. The van der Waals surface area contributed by atoms with E-state index in [2.05, 4.69) is 39.8 Å². The largest absolute Gasteiger partial charge is 0.391 e. The van der Waals surface area contributed by atoms with Crippen LogP contribution in [0.2, 0.25) is 0 Å². The molecule has 2 nitrogen and oxygen atoms in total. The van der Waals surface area contributed by atoms with Crippen LogP contribution in [0.3, 0.4) is 0 Å². The van der Waals surface area contributed by atoms with Crippen LogP contribution in [0.25, 0.3) is 0 Å². The van der Waals surface area contributed by atoms with E-state index in [-0.39, 0.29) is 18.4 Å². The molecule has 0 radical (unpaired) electrons. The molecule has 0 amide bonds. The third-order valence-electron chi connectivity index (χ3n) is 3.12. The fraction of sp³-hybridized carbons (Fsp3) is 0.600. The minimum absolute atomic E-state index is 0. The molecular formula is C15H26ClNO. The van der Waals surface area contributed by atoms with Crippen molar-refractivity contribution in [2.75, 3.05) is 0 Å². The van der Waals surface area contributed by atoms with E-state index in [0.717, 1.165) is 12.0 Å². The van der Waals surface area contributed by atoms with Gasteiger partial charge in [-0.25, -0.2) is 0 Å². The first-order chi connectivity index (χ1) is 7.91. The van der Waals surface area contributed by atoms with Gasteiger partial charge in [0.15, 0.2) is 0 Å². The number of hydrogen-bond acceptors (Lipinski definition) is 2. The molecule has 104 valence electrons. The molecule has 0 heterocycles. The van der Waals surface area contributed by atoms with Gasteiger partial charge in [-0.1, -0.05) is 52.0 Å². The first-order valence-corrected chi connectivity index (χ1v) is 6.45. The van der Waals surface area contributed by atoms with Crippen molar-refractivity contribution in [1.82, 2.24) is 0 Å². The van der Waals surface area contributed by atoms with Gasteiger partial charge in [0.05, 0.1) is 12.1 Å². The van der Waals surface area contributed by atoms with Crippen molar-refractivity contribution in [2.45, 2.75) is 52.2 Å². The molecule has 0 aliphatic rings. The third-order valence-corrected chi connectivity index (χ3v) is 3.12. The van der Waals surface area contributed by atoms with Gasteiger partial charge < -0.3 is 10.8 Å². The maximum atomic E-state index is 10.00. The lowest BCUT2D eigenvalue weighted by Crippen LogP contribution is -2.27. The topological polar surface area (TPSA) is 46.2 Å². The van der Waals surface area contributed by atoms with E-state index in [1.165, 1.54) is 5.56 Å². The second kappa shape index (κ2) is 7.78. The van der Waals surface area contributed by atoms with Gasteiger partial charge in [0.1, 0.15) is 0 Å². The molecular weight excluding hydrogens is 246 g/mol. The summed E-state index contributed by atoms with van der Waals surface area (Å²) in [7, 11) is 0. The minimum atomic E-state index is -0.458. The maximum Gasteiger partial charge on any atom is 0.0735 e. The van der Waals surface area contributed by atoms with Gasteiger partial charge in [0.2, 0.25) is 0 Å². The predicted molar refractivity (Wildman–Crippen MR) is 80.2 cm³/mol. The number of halogens is 1. The number of hydrogen-bond donors (Lipinski definition) is 2. The van der Waals surface area contributed by atoms with Crippen LogP contribution in [0.4, 0.5) is 0 Å². The van der Waals surface area contributed by atoms with Crippen LogP contribution >= 0.6 is 12.4 Å². The molecule has 0 aromatic heterocycles. The van der Waals surface area contributed by atoms with E-state index in [4.69, 9.17) is 5.73 Å². The fourth-order valence-electron chi connectivity index (χ4n) is 1.95. The Morgan fingerprint density at radius 3 is 1.83 bits per heavy atom. The maximum absolute atomic E-state index is 10.00. The number of rotatable bonds is 5. The molecule has 3 N–H and O–H groups in total. The van der Waals surface area contributed by atoms with Gasteiger partial charge in [-0.2, -0.15) is 0 Å². The molecule has 0 saturated carbocycles. The molecule has 0 fully saturated rings. The van der Waals surface area contributed by atoms with Gasteiger partial charge in [0, 0.05) is 0 Å². The Balaban J connectivity index is 0.00000289. The minimum Gasteiger partial charge on any atom is -0.391 e. The zero-order valence-electron chi connectivity index (χ0n) is 11.8. The second-order valence-corrected chi connectivity index (χ2v) is 5.54. The molecule has 2 atom stereocenters. The van der Waals surface area contributed by atoms with Crippen molar-refractivity contribution in [3.63, 3.8) is 0 Å². The van der Waals surface area contributed by atoms with Crippen LogP contribution in [-0.2, 0) is 0 Å². The monoisotopic (exact) mass is 271 g/mol. The van der Waals surface area contributed by atoms with Crippen LogP contribution in [0.1, 0.15) is 57.2 Å². The van der Waals surface area contributed by atoms with Crippen molar-refractivity contribution >= 4 is 12.4 Å². The van der Waals surface area contributed by atoms with Crippen LogP contribution in [-0.4, -0.2) is 11.2 Å². The van der Waals surface area contributed by atoms with Crippen molar-refractivity contribution in [1.29, 1.82) is 0 Å². The van der Waals surface area contributed by atoms with E-state index >= 15 is 0 Å². The van der Waals surface area contributed by atoms with Crippen molar-refractivity contribution in [3.05, 3.63) is 35.4 Å². The van der Waals surface area contributed by atoms with Crippen LogP contribution in [0.5, 0.6) is 0 Å². The highest BCUT2D eigenvalue weighted by molar-refractivity contribution is 5.85. The first-order valence-electron chi connectivity index (χ1n) is 6.45. The van der Waals surface area contributed by atoms with Gasteiger partial charge in [-0.05, 0) is 29.4 Å². The summed E-state index contributed by atoms with van der Waals surface area (Å²) in [5, 5.41) is 10.00. The highest BCUT2D eigenvalue weighted by Gasteiger charge is 2.17. The van der Waals surface area contributed by atoms with Gasteiger partial charge in [0.25, 0.3) is 0 Å². The van der Waals surface area contributed by atoms with Crippen molar-refractivity contribution in [3.8, 4) is 0 Å². The first kappa shape index (κ1) is 17.4. The molecule has 3 heteroatoms. The second-order valence-electron chi connectivity index (χ2n) is 5.54. The number of aliphatic hydroxyl groups excluding tert-OH is 1. The quantitative estimate of drug-likeness (QED) is 0.859. The SMILES string of the molecule is CC(C)C[C@@H](O)[C@@H](N)c1ccc(C(C)C)cc1.Cl. The normalized spacial score (nSPS) is 14.4. The van der Waals surface area contributed by atoms with Crippen LogP contribution in [0, 0.1) is 5.92 Å². The van der Waals surface area contributed by atoms with Gasteiger partial charge in [-0.15, -0.1) is 12.4 Å². The van der Waals surface area contributed by atoms with E-state index in [1.54, 1.807) is 0 Å². The summed E-state index contributed by atoms with van der Waals surface area (Å²) in [5.41, 5.74) is 8.38. The zero-order chi connectivity index (χ0) is 13.0. The Labute approximate surface area is 117 Å². The van der Waals surface area contributed by atoms with Crippen molar-refractivity contribution < 1.29 is 5.11 Å². The van der Waals surface area contributed by atoms with Crippen LogP contribution in [0.15, 0.2) is 24.3 Å². The Morgan fingerprint density at radius 2 is 1.44 bits per heavy atom. The summed E-state index contributed by atoms with van der Waals surface area (Å²) in [6.45, 7) is 8.53.